The highest BCUT2D eigenvalue weighted by Crippen LogP contribution is 2.06. The van der Waals surface area contributed by atoms with E-state index in [0.717, 1.165) is 5.56 Å². The molecule has 0 unspecified atom stereocenters. The van der Waals surface area contributed by atoms with Gasteiger partial charge in [-0.2, -0.15) is 5.10 Å². The van der Waals surface area contributed by atoms with Crippen LogP contribution in [0.4, 0.5) is 5.69 Å². The lowest BCUT2D eigenvalue weighted by Gasteiger charge is -2.04. The normalized spacial score (nSPS) is 10.1. The van der Waals surface area contributed by atoms with Crippen LogP contribution in [-0.2, 0) is 13.6 Å². The summed E-state index contributed by atoms with van der Waals surface area (Å²) in [6.45, 7) is 0.411. The van der Waals surface area contributed by atoms with Crippen molar-refractivity contribution in [3.05, 3.63) is 42.0 Å². The van der Waals surface area contributed by atoms with Crippen molar-refractivity contribution in [2.75, 3.05) is 5.43 Å². The van der Waals surface area contributed by atoms with E-state index in [9.17, 15) is 4.79 Å². The van der Waals surface area contributed by atoms with Crippen molar-refractivity contribution in [1.29, 1.82) is 0 Å². The van der Waals surface area contributed by atoms with Crippen molar-refractivity contribution >= 4 is 11.6 Å². The minimum Gasteiger partial charge on any atom is -0.347 e. The summed E-state index contributed by atoms with van der Waals surface area (Å²) in [5, 5.41) is 6.77. The topological polar surface area (TPSA) is 97.9 Å². The lowest BCUT2D eigenvalue weighted by Crippen LogP contribution is -2.23. The highest BCUT2D eigenvalue weighted by atomic mass is 16.1. The minimum absolute atomic E-state index is 0.254. The zero-order valence-electron chi connectivity index (χ0n) is 9.92. The van der Waals surface area contributed by atoms with Crippen molar-refractivity contribution in [3.63, 3.8) is 0 Å². The van der Waals surface area contributed by atoms with Crippen molar-refractivity contribution in [2.45, 2.75) is 6.54 Å². The number of pyridine rings is 1. The molecule has 0 atom stereocenters. The number of hydrogen-bond donors (Lipinski definition) is 3. The van der Waals surface area contributed by atoms with Gasteiger partial charge in [0.05, 0.1) is 11.9 Å². The third-order valence-corrected chi connectivity index (χ3v) is 2.37. The number of amides is 1. The van der Waals surface area contributed by atoms with Crippen LogP contribution in [0, 0.1) is 0 Å². The number of rotatable bonds is 4. The van der Waals surface area contributed by atoms with Gasteiger partial charge in [-0.25, -0.2) is 0 Å². The molecule has 2 aromatic heterocycles. The Morgan fingerprint density at radius 2 is 2.39 bits per heavy atom. The molecular formula is C11H14N6O. The number of nitrogens with one attached hydrogen (secondary N) is 2. The Balaban J connectivity index is 1.99. The highest BCUT2D eigenvalue weighted by Gasteiger charge is 2.07. The maximum absolute atomic E-state index is 11.8. The van der Waals surface area contributed by atoms with E-state index in [1.54, 1.807) is 23.0 Å². The number of nitrogens with zero attached hydrogens (tertiary/aromatic N) is 3. The summed E-state index contributed by atoms with van der Waals surface area (Å²) in [5.41, 5.74) is 4.35. The molecule has 0 aliphatic heterocycles. The predicted molar refractivity (Wildman–Crippen MR) is 66.4 cm³/mol. The molecule has 2 rings (SSSR count). The van der Waals surface area contributed by atoms with E-state index in [1.165, 1.54) is 6.20 Å². The van der Waals surface area contributed by atoms with Crippen LogP contribution >= 0.6 is 0 Å². The average molecular weight is 246 g/mol. The van der Waals surface area contributed by atoms with E-state index >= 15 is 0 Å². The number of aromatic nitrogens is 3. The summed E-state index contributed by atoms with van der Waals surface area (Å²) in [6, 6.07) is 3.26. The lowest BCUT2D eigenvalue weighted by molar-refractivity contribution is 0.0946. The Labute approximate surface area is 104 Å². The second-order valence-corrected chi connectivity index (χ2v) is 3.78. The fourth-order valence-electron chi connectivity index (χ4n) is 1.48. The number of anilines is 1. The number of carbonyl (C=O) groups is 1. The van der Waals surface area contributed by atoms with E-state index in [4.69, 9.17) is 5.84 Å². The van der Waals surface area contributed by atoms with E-state index in [2.05, 4.69) is 20.8 Å². The number of carbonyl (C=O) groups excluding carboxylic acids is 1. The van der Waals surface area contributed by atoms with Gasteiger partial charge in [0, 0.05) is 31.5 Å². The quantitative estimate of drug-likeness (QED) is 0.522. The minimum atomic E-state index is -0.254. The molecule has 0 bridgehead atoms. The number of hydrazine groups is 1. The summed E-state index contributed by atoms with van der Waals surface area (Å²) in [6.07, 6.45) is 5.06. The average Bonchev–Trinajstić information content (AvgIpc) is 2.82. The molecule has 0 aromatic carbocycles. The summed E-state index contributed by atoms with van der Waals surface area (Å²) >= 11 is 0. The number of nitrogens with two attached hydrogens (primary N) is 1. The van der Waals surface area contributed by atoms with Crippen molar-refractivity contribution < 1.29 is 4.79 Å². The van der Waals surface area contributed by atoms with Gasteiger partial charge in [-0.05, 0) is 12.1 Å². The Morgan fingerprint density at radius 3 is 3.06 bits per heavy atom. The van der Waals surface area contributed by atoms with Gasteiger partial charge in [0.2, 0.25) is 0 Å². The lowest BCUT2D eigenvalue weighted by atomic mass is 10.3. The molecule has 0 aliphatic carbocycles. The van der Waals surface area contributed by atoms with Crippen LogP contribution in [0.3, 0.4) is 0 Å². The summed E-state index contributed by atoms with van der Waals surface area (Å²) in [7, 11) is 1.82. The molecule has 7 nitrogen and oxygen atoms in total. The Kier molecular flexibility index (Phi) is 3.54. The first-order chi connectivity index (χ1) is 8.69. The standard InChI is InChI=1S/C11H14N6O/c1-17-7-8(6-15-17)5-14-11(18)10-4-9(16-12)2-3-13-10/h2-4,6-7H,5,12H2,1H3,(H,13,16)(H,14,18). The third-order valence-electron chi connectivity index (χ3n) is 2.37. The molecule has 4 N–H and O–H groups in total. The number of hydrogen-bond acceptors (Lipinski definition) is 5. The predicted octanol–water partition coefficient (Wildman–Crippen LogP) is 0.0307. The fraction of sp³-hybridized carbons (Fsp3) is 0.182. The Bertz CT molecular complexity index is 550. The van der Waals surface area contributed by atoms with Gasteiger partial charge in [-0.15, -0.1) is 0 Å². The molecule has 18 heavy (non-hydrogen) atoms. The van der Waals surface area contributed by atoms with Gasteiger partial charge in [0.25, 0.3) is 5.91 Å². The van der Waals surface area contributed by atoms with Gasteiger partial charge >= 0.3 is 0 Å². The third kappa shape index (κ3) is 2.83. The van der Waals surface area contributed by atoms with E-state index in [-0.39, 0.29) is 5.91 Å². The van der Waals surface area contributed by atoms with Crippen molar-refractivity contribution in [2.24, 2.45) is 12.9 Å². The van der Waals surface area contributed by atoms with Crippen LogP contribution in [0.15, 0.2) is 30.7 Å². The zero-order valence-corrected chi connectivity index (χ0v) is 9.92. The van der Waals surface area contributed by atoms with Crippen LogP contribution in [-0.4, -0.2) is 20.7 Å². The second-order valence-electron chi connectivity index (χ2n) is 3.78. The Morgan fingerprint density at radius 1 is 1.56 bits per heavy atom. The molecule has 2 heterocycles. The van der Waals surface area contributed by atoms with E-state index in [1.807, 2.05) is 13.2 Å². The van der Waals surface area contributed by atoms with Gasteiger partial charge in [-0.3, -0.25) is 20.3 Å². The van der Waals surface area contributed by atoms with E-state index in [0.29, 0.717) is 17.9 Å². The summed E-state index contributed by atoms with van der Waals surface area (Å²) in [5.74, 6) is 5.01. The van der Waals surface area contributed by atoms with Crippen LogP contribution in [0.2, 0.25) is 0 Å². The maximum Gasteiger partial charge on any atom is 0.270 e. The smallest absolute Gasteiger partial charge is 0.270 e. The molecular weight excluding hydrogens is 232 g/mol. The summed E-state index contributed by atoms with van der Waals surface area (Å²) in [4.78, 5) is 15.8. The Hall–Kier alpha value is -2.41. The molecule has 0 saturated heterocycles. The molecule has 0 radical (unpaired) electrons. The first-order valence-corrected chi connectivity index (χ1v) is 5.37. The molecule has 94 valence electrons. The number of nitrogen functional groups attached to an aromatic ring is 1. The molecule has 0 saturated carbocycles. The van der Waals surface area contributed by atoms with Crippen LogP contribution in [0.25, 0.3) is 0 Å². The van der Waals surface area contributed by atoms with Gasteiger partial charge in [0.1, 0.15) is 5.69 Å². The van der Waals surface area contributed by atoms with E-state index < -0.39 is 0 Å². The molecule has 2 aromatic rings. The zero-order chi connectivity index (χ0) is 13.0. The molecule has 0 spiro atoms. The number of aryl methyl sites for hydroxylation is 1. The van der Waals surface area contributed by atoms with Crippen molar-refractivity contribution in [1.82, 2.24) is 20.1 Å². The first kappa shape index (κ1) is 12.1. The SMILES string of the molecule is Cn1cc(CNC(=O)c2cc(NN)ccn2)cn1. The van der Waals surface area contributed by atoms with Gasteiger partial charge in [0.15, 0.2) is 0 Å². The summed E-state index contributed by atoms with van der Waals surface area (Å²) < 4.78 is 1.68. The van der Waals surface area contributed by atoms with Gasteiger partial charge in [-0.1, -0.05) is 0 Å². The van der Waals surface area contributed by atoms with Crippen LogP contribution in [0.5, 0.6) is 0 Å². The van der Waals surface area contributed by atoms with Gasteiger partial charge < -0.3 is 10.7 Å². The van der Waals surface area contributed by atoms with Crippen LogP contribution < -0.4 is 16.6 Å². The largest absolute Gasteiger partial charge is 0.347 e. The van der Waals surface area contributed by atoms with Crippen molar-refractivity contribution in [3.8, 4) is 0 Å². The monoisotopic (exact) mass is 246 g/mol. The second kappa shape index (κ2) is 5.28. The first-order valence-electron chi connectivity index (χ1n) is 5.37. The maximum atomic E-state index is 11.8. The fourth-order valence-corrected chi connectivity index (χ4v) is 1.48. The molecule has 1 amide bonds. The molecule has 0 aliphatic rings. The molecule has 7 heteroatoms. The molecule has 0 fully saturated rings. The van der Waals surface area contributed by atoms with Crippen LogP contribution in [0.1, 0.15) is 16.1 Å². The highest BCUT2D eigenvalue weighted by molar-refractivity contribution is 5.92.